The van der Waals surface area contributed by atoms with Crippen molar-refractivity contribution in [3.63, 3.8) is 0 Å². The number of furan rings is 1. The van der Waals surface area contributed by atoms with Crippen molar-refractivity contribution in [1.82, 2.24) is 16.2 Å². The van der Waals surface area contributed by atoms with Crippen LogP contribution in [0.2, 0.25) is 5.02 Å². The SMILES string of the molecule is NC(=O)N[C@H](CC(=O)NNC(=O)c1ccco1)c1ccc(Cl)cc1. The summed E-state index contributed by atoms with van der Waals surface area (Å²) in [5, 5.41) is 2.99. The van der Waals surface area contributed by atoms with E-state index in [1.54, 1.807) is 30.3 Å². The van der Waals surface area contributed by atoms with Crippen LogP contribution in [0.4, 0.5) is 4.79 Å². The smallest absolute Gasteiger partial charge is 0.312 e. The van der Waals surface area contributed by atoms with Gasteiger partial charge in [-0.2, -0.15) is 0 Å². The first-order valence-corrected chi connectivity index (χ1v) is 7.27. The Bertz CT molecular complexity index is 716. The molecule has 0 bridgehead atoms. The molecule has 2 aromatic rings. The monoisotopic (exact) mass is 350 g/mol. The Morgan fingerprint density at radius 1 is 1.12 bits per heavy atom. The number of urea groups is 1. The predicted octanol–water partition coefficient (Wildman–Crippen LogP) is 1.49. The summed E-state index contributed by atoms with van der Waals surface area (Å²) in [5.41, 5.74) is 10.2. The topological polar surface area (TPSA) is 126 Å². The van der Waals surface area contributed by atoms with Crippen LogP contribution in [0.3, 0.4) is 0 Å². The number of halogens is 1. The molecular formula is C15H15ClN4O4. The Balaban J connectivity index is 1.95. The zero-order chi connectivity index (χ0) is 17.5. The number of nitrogens with two attached hydrogens (primary N) is 1. The standard InChI is InChI=1S/C15H15ClN4O4/c16-10-5-3-9(4-6-10)11(18-15(17)23)8-13(21)19-20-14(22)12-2-1-7-24-12/h1-7,11H,8H2,(H,19,21)(H,20,22)(H3,17,18,23)/t11-/m1/s1. The number of amides is 4. The van der Waals surface area contributed by atoms with Gasteiger partial charge < -0.3 is 15.5 Å². The first-order chi connectivity index (χ1) is 11.5. The molecule has 0 saturated carbocycles. The van der Waals surface area contributed by atoms with Gasteiger partial charge in [-0.15, -0.1) is 0 Å². The van der Waals surface area contributed by atoms with Crippen molar-refractivity contribution in [2.45, 2.75) is 12.5 Å². The lowest BCUT2D eigenvalue weighted by Crippen LogP contribution is -2.43. The van der Waals surface area contributed by atoms with Crippen molar-refractivity contribution in [2.24, 2.45) is 5.73 Å². The van der Waals surface area contributed by atoms with Gasteiger partial charge in [0.25, 0.3) is 0 Å². The van der Waals surface area contributed by atoms with Crippen LogP contribution in [0.25, 0.3) is 0 Å². The van der Waals surface area contributed by atoms with Crippen LogP contribution in [0.5, 0.6) is 0 Å². The maximum Gasteiger partial charge on any atom is 0.312 e. The van der Waals surface area contributed by atoms with E-state index < -0.39 is 23.9 Å². The highest BCUT2D eigenvalue weighted by Gasteiger charge is 2.18. The Kier molecular flexibility index (Phi) is 5.80. The Hall–Kier alpha value is -3.00. The van der Waals surface area contributed by atoms with Gasteiger partial charge in [-0.3, -0.25) is 20.4 Å². The summed E-state index contributed by atoms with van der Waals surface area (Å²) in [5.74, 6) is -1.07. The first kappa shape index (κ1) is 17.4. The van der Waals surface area contributed by atoms with Crippen LogP contribution in [0, 0.1) is 0 Å². The summed E-state index contributed by atoms with van der Waals surface area (Å²) in [6.07, 6.45) is 1.20. The third-order valence-corrected chi connectivity index (χ3v) is 3.29. The fraction of sp³-hybridized carbons (Fsp3) is 0.133. The third-order valence-electron chi connectivity index (χ3n) is 3.04. The van der Waals surface area contributed by atoms with Crippen molar-refractivity contribution in [1.29, 1.82) is 0 Å². The number of carbonyl (C=O) groups excluding carboxylic acids is 3. The molecule has 126 valence electrons. The van der Waals surface area contributed by atoms with Gasteiger partial charge in [0.1, 0.15) is 0 Å². The van der Waals surface area contributed by atoms with Crippen LogP contribution in [0.1, 0.15) is 28.6 Å². The molecule has 1 heterocycles. The predicted molar refractivity (Wildman–Crippen MR) is 85.8 cm³/mol. The molecule has 1 aromatic heterocycles. The largest absolute Gasteiger partial charge is 0.459 e. The fourth-order valence-corrected chi connectivity index (χ4v) is 2.08. The molecule has 0 radical (unpaired) electrons. The quantitative estimate of drug-likeness (QED) is 0.609. The van der Waals surface area contributed by atoms with E-state index in [1.807, 2.05) is 0 Å². The Morgan fingerprint density at radius 3 is 2.42 bits per heavy atom. The van der Waals surface area contributed by atoms with Gasteiger partial charge in [-0.1, -0.05) is 23.7 Å². The van der Waals surface area contributed by atoms with Gasteiger partial charge in [0.15, 0.2) is 5.76 Å². The van der Waals surface area contributed by atoms with Crippen molar-refractivity contribution in [3.05, 3.63) is 59.0 Å². The maximum absolute atomic E-state index is 12.0. The highest BCUT2D eigenvalue weighted by molar-refractivity contribution is 6.30. The zero-order valence-electron chi connectivity index (χ0n) is 12.4. The minimum Gasteiger partial charge on any atom is -0.459 e. The second-order valence-corrected chi connectivity index (χ2v) is 5.23. The highest BCUT2D eigenvalue weighted by Crippen LogP contribution is 2.19. The molecule has 0 aliphatic carbocycles. The lowest BCUT2D eigenvalue weighted by molar-refractivity contribution is -0.122. The normalized spacial score (nSPS) is 11.4. The Labute approximate surface area is 142 Å². The molecule has 0 aliphatic heterocycles. The summed E-state index contributed by atoms with van der Waals surface area (Å²) in [7, 11) is 0. The number of primary amides is 1. The molecule has 24 heavy (non-hydrogen) atoms. The number of rotatable bonds is 5. The number of benzene rings is 1. The Morgan fingerprint density at radius 2 is 1.83 bits per heavy atom. The van der Waals surface area contributed by atoms with E-state index in [-0.39, 0.29) is 12.2 Å². The van der Waals surface area contributed by atoms with Crippen LogP contribution < -0.4 is 21.9 Å². The maximum atomic E-state index is 12.0. The highest BCUT2D eigenvalue weighted by atomic mass is 35.5. The molecule has 0 fully saturated rings. The minimum absolute atomic E-state index is 0.0554. The van der Waals surface area contributed by atoms with Crippen LogP contribution in [-0.4, -0.2) is 17.8 Å². The van der Waals surface area contributed by atoms with E-state index in [0.29, 0.717) is 10.6 Å². The van der Waals surface area contributed by atoms with E-state index in [1.165, 1.54) is 12.3 Å². The molecule has 0 spiro atoms. The second kappa shape index (κ2) is 8.02. The lowest BCUT2D eigenvalue weighted by Gasteiger charge is -2.18. The fourth-order valence-electron chi connectivity index (χ4n) is 1.95. The van der Waals surface area contributed by atoms with Crippen molar-refractivity contribution < 1.29 is 18.8 Å². The van der Waals surface area contributed by atoms with Gasteiger partial charge in [-0.05, 0) is 29.8 Å². The second-order valence-electron chi connectivity index (χ2n) is 4.80. The van der Waals surface area contributed by atoms with Crippen LogP contribution >= 0.6 is 11.6 Å². The molecule has 0 unspecified atom stereocenters. The van der Waals surface area contributed by atoms with E-state index in [2.05, 4.69) is 16.2 Å². The van der Waals surface area contributed by atoms with Gasteiger partial charge >= 0.3 is 11.9 Å². The van der Waals surface area contributed by atoms with Crippen LogP contribution in [-0.2, 0) is 4.79 Å². The van der Waals surface area contributed by atoms with Crippen molar-refractivity contribution in [2.75, 3.05) is 0 Å². The van der Waals surface area contributed by atoms with E-state index in [9.17, 15) is 14.4 Å². The van der Waals surface area contributed by atoms with E-state index in [0.717, 1.165) is 0 Å². The number of carbonyl (C=O) groups is 3. The van der Waals surface area contributed by atoms with Crippen molar-refractivity contribution >= 4 is 29.4 Å². The average molecular weight is 351 g/mol. The molecule has 4 amide bonds. The van der Waals surface area contributed by atoms with Crippen molar-refractivity contribution in [3.8, 4) is 0 Å². The molecular weight excluding hydrogens is 336 g/mol. The first-order valence-electron chi connectivity index (χ1n) is 6.90. The molecule has 0 saturated heterocycles. The summed E-state index contributed by atoms with van der Waals surface area (Å²) in [4.78, 5) is 34.8. The number of nitrogens with one attached hydrogen (secondary N) is 3. The number of hydrogen-bond donors (Lipinski definition) is 4. The molecule has 1 aromatic carbocycles. The summed E-state index contributed by atoms with van der Waals surface area (Å²) < 4.78 is 4.89. The lowest BCUT2D eigenvalue weighted by atomic mass is 10.0. The summed E-state index contributed by atoms with van der Waals surface area (Å²) >= 11 is 5.81. The molecule has 1 atom stereocenters. The van der Waals surface area contributed by atoms with Gasteiger partial charge in [0, 0.05) is 5.02 Å². The molecule has 2 rings (SSSR count). The number of hydrazine groups is 1. The average Bonchev–Trinajstić information content (AvgIpc) is 3.07. The van der Waals surface area contributed by atoms with E-state index >= 15 is 0 Å². The van der Waals surface area contributed by atoms with Gasteiger partial charge in [0.05, 0.1) is 18.7 Å². The zero-order valence-corrected chi connectivity index (χ0v) is 13.2. The summed E-state index contributed by atoms with van der Waals surface area (Å²) in [6.45, 7) is 0. The number of hydrogen-bond acceptors (Lipinski definition) is 4. The minimum atomic E-state index is -0.776. The van der Waals surface area contributed by atoms with Gasteiger partial charge in [0.2, 0.25) is 5.91 Å². The molecule has 0 aliphatic rings. The van der Waals surface area contributed by atoms with Gasteiger partial charge in [-0.25, -0.2) is 4.79 Å². The molecule has 9 heteroatoms. The molecule has 8 nitrogen and oxygen atoms in total. The van der Waals surface area contributed by atoms with E-state index in [4.69, 9.17) is 21.8 Å². The third kappa shape index (κ3) is 5.03. The van der Waals surface area contributed by atoms with Crippen LogP contribution in [0.15, 0.2) is 47.1 Å². The molecule has 5 N–H and O–H groups in total. The summed E-state index contributed by atoms with van der Waals surface area (Å²) in [6, 6.07) is 8.14.